The van der Waals surface area contributed by atoms with E-state index in [1.54, 1.807) is 42.5 Å². The number of hydrogen-bond donors (Lipinski definition) is 1. The quantitative estimate of drug-likeness (QED) is 0.658. The molecule has 0 radical (unpaired) electrons. The summed E-state index contributed by atoms with van der Waals surface area (Å²) in [5.74, 6) is 0.278. The Balaban J connectivity index is 2.00. The van der Waals surface area contributed by atoms with Crippen molar-refractivity contribution in [2.45, 2.75) is 6.92 Å². The molecule has 0 aromatic heterocycles. The Morgan fingerprint density at radius 1 is 1.27 bits per heavy atom. The van der Waals surface area contributed by atoms with Crippen LogP contribution in [0, 0.1) is 0 Å². The molecular weight excluding hydrogens is 323 g/mol. The summed E-state index contributed by atoms with van der Waals surface area (Å²) in [5, 5.41) is 4.89. The van der Waals surface area contributed by atoms with Crippen molar-refractivity contribution in [1.29, 1.82) is 0 Å². The largest absolute Gasteiger partial charge is 0.492 e. The van der Waals surface area contributed by atoms with E-state index in [1.807, 2.05) is 6.92 Å². The van der Waals surface area contributed by atoms with E-state index in [1.165, 1.54) is 6.21 Å². The van der Waals surface area contributed by atoms with Crippen LogP contribution in [0.2, 0.25) is 10.0 Å². The number of halogens is 2. The number of amides is 1. The second-order valence-electron chi connectivity index (χ2n) is 4.33. The molecule has 0 saturated carbocycles. The Bertz CT molecular complexity index is 702. The molecule has 2 aromatic carbocycles. The van der Waals surface area contributed by atoms with Crippen LogP contribution in [-0.2, 0) is 0 Å². The molecule has 2 aromatic rings. The number of ether oxygens (including phenoxy) is 1. The zero-order valence-corrected chi connectivity index (χ0v) is 13.4. The van der Waals surface area contributed by atoms with Gasteiger partial charge in [-0.25, -0.2) is 5.43 Å². The molecule has 1 N–H and O–H groups in total. The van der Waals surface area contributed by atoms with Gasteiger partial charge in [-0.2, -0.15) is 5.10 Å². The van der Waals surface area contributed by atoms with Crippen molar-refractivity contribution in [3.8, 4) is 5.75 Å². The normalized spacial score (nSPS) is 10.7. The lowest BCUT2D eigenvalue weighted by Gasteiger charge is -2.05. The number of carbonyl (C=O) groups is 1. The second kappa shape index (κ2) is 7.82. The van der Waals surface area contributed by atoms with Crippen LogP contribution in [0.4, 0.5) is 0 Å². The van der Waals surface area contributed by atoms with Crippen LogP contribution in [0.15, 0.2) is 47.6 Å². The number of carbonyl (C=O) groups excluding carboxylic acids is 1. The predicted octanol–water partition coefficient (Wildman–Crippen LogP) is 4.16. The third-order valence-electron chi connectivity index (χ3n) is 2.72. The first-order valence-corrected chi connectivity index (χ1v) is 7.37. The summed E-state index contributed by atoms with van der Waals surface area (Å²) in [6.07, 6.45) is 1.50. The molecular formula is C16H14Cl2N2O2. The monoisotopic (exact) mass is 336 g/mol. The number of benzene rings is 2. The topological polar surface area (TPSA) is 50.7 Å². The minimum atomic E-state index is -0.337. The van der Waals surface area contributed by atoms with Gasteiger partial charge in [-0.3, -0.25) is 4.79 Å². The number of hydrogen-bond acceptors (Lipinski definition) is 3. The molecule has 2 rings (SSSR count). The molecule has 4 nitrogen and oxygen atoms in total. The maximum absolute atomic E-state index is 11.9. The van der Waals surface area contributed by atoms with E-state index in [0.29, 0.717) is 28.0 Å². The zero-order valence-electron chi connectivity index (χ0n) is 11.8. The van der Waals surface area contributed by atoms with Crippen molar-refractivity contribution in [3.05, 3.63) is 63.6 Å². The van der Waals surface area contributed by atoms with E-state index in [-0.39, 0.29) is 5.91 Å². The van der Waals surface area contributed by atoms with Gasteiger partial charge in [0.05, 0.1) is 17.8 Å². The summed E-state index contributed by atoms with van der Waals surface area (Å²) in [6.45, 7) is 2.43. The highest BCUT2D eigenvalue weighted by atomic mass is 35.5. The lowest BCUT2D eigenvalue weighted by atomic mass is 10.2. The maximum Gasteiger partial charge on any atom is 0.271 e. The van der Waals surface area contributed by atoms with Gasteiger partial charge in [0.2, 0.25) is 0 Å². The Morgan fingerprint density at radius 3 is 2.77 bits per heavy atom. The van der Waals surface area contributed by atoms with Gasteiger partial charge in [0.25, 0.3) is 5.91 Å². The van der Waals surface area contributed by atoms with Crippen molar-refractivity contribution >= 4 is 35.3 Å². The molecule has 22 heavy (non-hydrogen) atoms. The SMILES string of the molecule is CCOc1ccc(/C=N/NC(=O)c2cccc(Cl)c2)cc1Cl. The van der Waals surface area contributed by atoms with E-state index in [9.17, 15) is 4.79 Å². The standard InChI is InChI=1S/C16H14Cl2N2O2/c1-2-22-15-7-6-11(8-14(15)18)10-19-20-16(21)12-4-3-5-13(17)9-12/h3-10H,2H2,1H3,(H,20,21)/b19-10+. The van der Waals surface area contributed by atoms with Gasteiger partial charge in [-0.05, 0) is 48.9 Å². The van der Waals surface area contributed by atoms with Crippen LogP contribution in [-0.4, -0.2) is 18.7 Å². The molecule has 0 atom stereocenters. The number of nitrogens with one attached hydrogen (secondary N) is 1. The minimum absolute atomic E-state index is 0.337. The van der Waals surface area contributed by atoms with Crippen molar-refractivity contribution in [2.24, 2.45) is 5.10 Å². The smallest absolute Gasteiger partial charge is 0.271 e. The minimum Gasteiger partial charge on any atom is -0.492 e. The van der Waals surface area contributed by atoms with Gasteiger partial charge in [-0.15, -0.1) is 0 Å². The Morgan fingerprint density at radius 2 is 2.09 bits per heavy atom. The first-order chi connectivity index (χ1) is 10.6. The van der Waals surface area contributed by atoms with E-state index >= 15 is 0 Å². The van der Waals surface area contributed by atoms with Gasteiger partial charge in [0, 0.05) is 10.6 Å². The summed E-state index contributed by atoms with van der Waals surface area (Å²) < 4.78 is 5.34. The molecule has 0 fully saturated rings. The summed E-state index contributed by atoms with van der Waals surface area (Å²) in [4.78, 5) is 11.9. The molecule has 0 bridgehead atoms. The number of nitrogens with zero attached hydrogens (tertiary/aromatic N) is 1. The average molecular weight is 337 g/mol. The molecule has 0 spiro atoms. The van der Waals surface area contributed by atoms with Gasteiger partial charge in [0.15, 0.2) is 0 Å². The zero-order chi connectivity index (χ0) is 15.9. The lowest BCUT2D eigenvalue weighted by Crippen LogP contribution is -2.17. The van der Waals surface area contributed by atoms with Gasteiger partial charge in [-0.1, -0.05) is 29.3 Å². The van der Waals surface area contributed by atoms with E-state index in [4.69, 9.17) is 27.9 Å². The number of rotatable bonds is 5. The summed E-state index contributed by atoms with van der Waals surface area (Å²) in [6, 6.07) is 11.9. The van der Waals surface area contributed by atoms with Crippen molar-refractivity contribution in [1.82, 2.24) is 5.43 Å². The van der Waals surface area contributed by atoms with Crippen LogP contribution in [0.1, 0.15) is 22.8 Å². The molecule has 0 aliphatic heterocycles. The third-order valence-corrected chi connectivity index (χ3v) is 3.25. The molecule has 0 aliphatic rings. The highest BCUT2D eigenvalue weighted by Gasteiger charge is 2.04. The molecule has 0 unspecified atom stereocenters. The van der Waals surface area contributed by atoms with Crippen LogP contribution >= 0.6 is 23.2 Å². The van der Waals surface area contributed by atoms with E-state index < -0.39 is 0 Å². The van der Waals surface area contributed by atoms with Gasteiger partial charge in [0.1, 0.15) is 5.75 Å². The van der Waals surface area contributed by atoms with Crippen molar-refractivity contribution < 1.29 is 9.53 Å². The first-order valence-electron chi connectivity index (χ1n) is 6.61. The van der Waals surface area contributed by atoms with Gasteiger partial charge < -0.3 is 4.74 Å². The molecule has 6 heteroatoms. The summed E-state index contributed by atoms with van der Waals surface area (Å²) in [7, 11) is 0. The van der Waals surface area contributed by atoms with Crippen LogP contribution in [0.5, 0.6) is 5.75 Å². The number of hydrazone groups is 1. The maximum atomic E-state index is 11.9. The van der Waals surface area contributed by atoms with Crippen LogP contribution in [0.3, 0.4) is 0 Å². The Kier molecular flexibility index (Phi) is 5.81. The van der Waals surface area contributed by atoms with Crippen LogP contribution < -0.4 is 10.2 Å². The summed E-state index contributed by atoms with van der Waals surface area (Å²) in [5.41, 5.74) is 3.62. The van der Waals surface area contributed by atoms with Crippen molar-refractivity contribution in [3.63, 3.8) is 0 Å². The van der Waals surface area contributed by atoms with Gasteiger partial charge >= 0.3 is 0 Å². The summed E-state index contributed by atoms with van der Waals surface area (Å²) >= 11 is 11.9. The second-order valence-corrected chi connectivity index (χ2v) is 5.18. The predicted molar refractivity (Wildman–Crippen MR) is 89.1 cm³/mol. The first kappa shape index (κ1) is 16.3. The molecule has 0 heterocycles. The molecule has 1 amide bonds. The highest BCUT2D eigenvalue weighted by molar-refractivity contribution is 6.32. The Hall–Kier alpha value is -2.04. The fraction of sp³-hybridized carbons (Fsp3) is 0.125. The Labute approximate surface area is 138 Å². The van der Waals surface area contributed by atoms with E-state index in [0.717, 1.165) is 5.56 Å². The third kappa shape index (κ3) is 4.48. The van der Waals surface area contributed by atoms with E-state index in [2.05, 4.69) is 10.5 Å². The molecule has 114 valence electrons. The van der Waals surface area contributed by atoms with Crippen LogP contribution in [0.25, 0.3) is 0 Å². The fourth-order valence-electron chi connectivity index (χ4n) is 1.73. The lowest BCUT2D eigenvalue weighted by molar-refractivity contribution is 0.0955. The molecule has 0 aliphatic carbocycles. The average Bonchev–Trinajstić information content (AvgIpc) is 2.50. The fourth-order valence-corrected chi connectivity index (χ4v) is 2.16. The molecule has 0 saturated heterocycles. The highest BCUT2D eigenvalue weighted by Crippen LogP contribution is 2.24. The van der Waals surface area contributed by atoms with Crippen molar-refractivity contribution in [2.75, 3.05) is 6.61 Å².